The molecule has 0 atom stereocenters. The fourth-order valence-electron chi connectivity index (χ4n) is 1.94. The van der Waals surface area contributed by atoms with E-state index in [1.54, 1.807) is 6.20 Å². The second-order valence-electron chi connectivity index (χ2n) is 5.14. The van der Waals surface area contributed by atoms with Crippen molar-refractivity contribution in [2.75, 3.05) is 17.2 Å². The second kappa shape index (κ2) is 8.19. The summed E-state index contributed by atoms with van der Waals surface area (Å²) < 4.78 is 0. The predicted molar refractivity (Wildman–Crippen MR) is 86.3 cm³/mol. The lowest BCUT2D eigenvalue weighted by molar-refractivity contribution is 0.741. The molecule has 0 radical (unpaired) electrons. The van der Waals surface area contributed by atoms with E-state index in [1.807, 2.05) is 0 Å². The second-order valence-corrected chi connectivity index (χ2v) is 5.14. The monoisotopic (exact) mass is 285 g/mol. The summed E-state index contributed by atoms with van der Waals surface area (Å²) in [7, 11) is 0. The molecule has 0 bridgehead atoms. The molecule has 2 N–H and O–H groups in total. The molecule has 0 aliphatic rings. The molecule has 0 saturated heterocycles. The minimum Gasteiger partial charge on any atom is -0.369 e. The van der Waals surface area contributed by atoms with Crippen LogP contribution in [0, 0.1) is 6.92 Å². The molecule has 2 rings (SSSR count). The smallest absolute Gasteiger partial charge is 0.244 e. The number of nitrogens with zero attached hydrogens (tertiary/aromatic N) is 3. The molecule has 5 heteroatoms. The average Bonchev–Trinajstić information content (AvgIpc) is 2.52. The van der Waals surface area contributed by atoms with E-state index in [2.05, 4.69) is 63.9 Å². The van der Waals surface area contributed by atoms with Crippen molar-refractivity contribution in [2.45, 2.75) is 39.7 Å². The Kier molecular flexibility index (Phi) is 5.94. The third-order valence-corrected chi connectivity index (χ3v) is 3.22. The Bertz CT molecular complexity index is 539. The maximum absolute atomic E-state index is 4.41. The van der Waals surface area contributed by atoms with E-state index >= 15 is 0 Å². The number of hydrogen-bond acceptors (Lipinski definition) is 5. The molecule has 1 aromatic carbocycles. The molecule has 0 fully saturated rings. The first-order chi connectivity index (χ1) is 10.3. The lowest BCUT2D eigenvalue weighted by atomic mass is 10.1. The van der Waals surface area contributed by atoms with Gasteiger partial charge in [-0.1, -0.05) is 49.6 Å². The Balaban J connectivity index is 1.84. The van der Waals surface area contributed by atoms with Crippen molar-refractivity contribution in [3.05, 3.63) is 41.6 Å². The Hall–Kier alpha value is -2.17. The molecular weight excluding hydrogens is 262 g/mol. The highest BCUT2D eigenvalue weighted by molar-refractivity contribution is 5.37. The first-order valence-electron chi connectivity index (χ1n) is 7.51. The van der Waals surface area contributed by atoms with Crippen molar-refractivity contribution < 1.29 is 0 Å². The maximum Gasteiger partial charge on any atom is 0.244 e. The van der Waals surface area contributed by atoms with Crippen LogP contribution in [0.1, 0.15) is 37.3 Å². The van der Waals surface area contributed by atoms with Crippen molar-refractivity contribution in [2.24, 2.45) is 0 Å². The summed E-state index contributed by atoms with van der Waals surface area (Å²) >= 11 is 0. The van der Waals surface area contributed by atoms with Gasteiger partial charge >= 0.3 is 0 Å². The average molecular weight is 285 g/mol. The van der Waals surface area contributed by atoms with Gasteiger partial charge in [-0.25, -0.2) is 0 Å². The Morgan fingerprint density at radius 3 is 2.62 bits per heavy atom. The van der Waals surface area contributed by atoms with Gasteiger partial charge in [0.1, 0.15) is 5.82 Å². The zero-order valence-corrected chi connectivity index (χ0v) is 12.8. The van der Waals surface area contributed by atoms with Crippen LogP contribution in [-0.4, -0.2) is 21.7 Å². The summed E-state index contributed by atoms with van der Waals surface area (Å²) in [5, 5.41) is 14.4. The van der Waals surface area contributed by atoms with Crippen LogP contribution >= 0.6 is 0 Å². The molecule has 2 aromatic rings. The van der Waals surface area contributed by atoms with Crippen molar-refractivity contribution in [1.82, 2.24) is 15.2 Å². The van der Waals surface area contributed by atoms with Gasteiger partial charge in [0.15, 0.2) is 0 Å². The lowest BCUT2D eigenvalue weighted by Gasteiger charge is -2.07. The number of aromatic nitrogens is 3. The van der Waals surface area contributed by atoms with E-state index < -0.39 is 0 Å². The molecule has 0 spiro atoms. The minimum atomic E-state index is 0.552. The molecule has 1 aromatic heterocycles. The largest absolute Gasteiger partial charge is 0.369 e. The summed E-state index contributed by atoms with van der Waals surface area (Å²) in [5.41, 5.74) is 2.46. The Labute approximate surface area is 126 Å². The standard InChI is InChI=1S/C16H23N5/c1-3-4-5-10-17-15-12-19-21-16(20-15)18-11-14-8-6-13(2)7-9-14/h6-9,12H,3-5,10-11H2,1-2H3,(H2,17,18,20,21). The maximum atomic E-state index is 4.41. The molecule has 1 heterocycles. The van der Waals surface area contributed by atoms with Crippen molar-refractivity contribution in [3.63, 3.8) is 0 Å². The van der Waals surface area contributed by atoms with E-state index in [1.165, 1.54) is 24.0 Å². The van der Waals surface area contributed by atoms with Gasteiger partial charge in [0, 0.05) is 13.1 Å². The predicted octanol–water partition coefficient (Wildman–Crippen LogP) is 3.39. The molecule has 0 amide bonds. The van der Waals surface area contributed by atoms with Crippen LogP contribution in [0.3, 0.4) is 0 Å². The topological polar surface area (TPSA) is 62.7 Å². The van der Waals surface area contributed by atoms with Crippen LogP contribution in [0.15, 0.2) is 30.5 Å². The SMILES string of the molecule is CCCCCNc1cnnc(NCc2ccc(C)cc2)n1. The number of benzene rings is 1. The summed E-state index contributed by atoms with van der Waals surface area (Å²) in [6, 6.07) is 8.40. The number of unbranched alkanes of at least 4 members (excludes halogenated alkanes) is 2. The third-order valence-electron chi connectivity index (χ3n) is 3.22. The van der Waals surface area contributed by atoms with Crippen LogP contribution in [0.2, 0.25) is 0 Å². The first kappa shape index (κ1) is 15.2. The summed E-state index contributed by atoms with van der Waals surface area (Å²) in [6.07, 6.45) is 5.24. The number of rotatable bonds is 8. The van der Waals surface area contributed by atoms with Crippen LogP contribution in [0.25, 0.3) is 0 Å². The van der Waals surface area contributed by atoms with Crippen molar-refractivity contribution >= 4 is 11.8 Å². The highest BCUT2D eigenvalue weighted by Crippen LogP contribution is 2.08. The van der Waals surface area contributed by atoms with E-state index in [-0.39, 0.29) is 0 Å². The lowest BCUT2D eigenvalue weighted by Crippen LogP contribution is -2.08. The summed E-state index contributed by atoms with van der Waals surface area (Å²) in [6.45, 7) is 5.89. The number of nitrogens with one attached hydrogen (secondary N) is 2. The van der Waals surface area contributed by atoms with Gasteiger partial charge in [-0.15, -0.1) is 5.10 Å². The van der Waals surface area contributed by atoms with E-state index in [0.29, 0.717) is 12.5 Å². The zero-order valence-electron chi connectivity index (χ0n) is 12.8. The van der Waals surface area contributed by atoms with E-state index in [9.17, 15) is 0 Å². The normalized spacial score (nSPS) is 10.4. The number of anilines is 2. The molecule has 0 unspecified atom stereocenters. The van der Waals surface area contributed by atoms with Crippen molar-refractivity contribution in [3.8, 4) is 0 Å². The molecule has 112 valence electrons. The Morgan fingerprint density at radius 1 is 1.05 bits per heavy atom. The molecule has 5 nitrogen and oxygen atoms in total. The molecule has 0 saturated carbocycles. The highest BCUT2D eigenvalue weighted by Gasteiger charge is 2.00. The van der Waals surface area contributed by atoms with Gasteiger partial charge in [0.25, 0.3) is 0 Å². The number of hydrogen-bond donors (Lipinski definition) is 2. The van der Waals surface area contributed by atoms with Gasteiger partial charge in [-0.2, -0.15) is 10.1 Å². The molecular formula is C16H23N5. The van der Waals surface area contributed by atoms with E-state index in [4.69, 9.17) is 0 Å². The van der Waals surface area contributed by atoms with Gasteiger partial charge in [0.05, 0.1) is 6.20 Å². The summed E-state index contributed by atoms with van der Waals surface area (Å²) in [5.74, 6) is 1.32. The summed E-state index contributed by atoms with van der Waals surface area (Å²) in [4.78, 5) is 4.41. The van der Waals surface area contributed by atoms with Crippen LogP contribution in [0.5, 0.6) is 0 Å². The van der Waals surface area contributed by atoms with Gasteiger partial charge < -0.3 is 10.6 Å². The van der Waals surface area contributed by atoms with Crippen LogP contribution in [-0.2, 0) is 6.54 Å². The zero-order chi connectivity index (χ0) is 14.9. The highest BCUT2D eigenvalue weighted by atomic mass is 15.3. The van der Waals surface area contributed by atoms with Crippen LogP contribution in [0.4, 0.5) is 11.8 Å². The number of aryl methyl sites for hydroxylation is 1. The third kappa shape index (κ3) is 5.38. The first-order valence-corrected chi connectivity index (χ1v) is 7.51. The fourth-order valence-corrected chi connectivity index (χ4v) is 1.94. The quantitative estimate of drug-likeness (QED) is 0.728. The van der Waals surface area contributed by atoms with Crippen molar-refractivity contribution in [1.29, 1.82) is 0 Å². The van der Waals surface area contributed by atoms with Gasteiger partial charge in [-0.05, 0) is 18.9 Å². The van der Waals surface area contributed by atoms with Crippen LogP contribution < -0.4 is 10.6 Å². The molecule has 0 aliphatic carbocycles. The fraction of sp³-hybridized carbons (Fsp3) is 0.438. The van der Waals surface area contributed by atoms with Gasteiger partial charge in [0.2, 0.25) is 5.95 Å². The van der Waals surface area contributed by atoms with E-state index in [0.717, 1.165) is 18.8 Å². The molecule has 0 aliphatic heterocycles. The molecule has 21 heavy (non-hydrogen) atoms. The van der Waals surface area contributed by atoms with Gasteiger partial charge in [-0.3, -0.25) is 0 Å². The Morgan fingerprint density at radius 2 is 1.86 bits per heavy atom. The minimum absolute atomic E-state index is 0.552.